The highest BCUT2D eigenvalue weighted by Gasteiger charge is 2.19. The van der Waals surface area contributed by atoms with Gasteiger partial charge in [-0.05, 0) is 72.4 Å². The molecule has 0 radical (unpaired) electrons. The van der Waals surface area contributed by atoms with Gasteiger partial charge in [0.2, 0.25) is 5.91 Å². The van der Waals surface area contributed by atoms with Crippen LogP contribution in [0, 0.1) is 0 Å². The number of benzene rings is 3. The van der Waals surface area contributed by atoms with Gasteiger partial charge in [-0.1, -0.05) is 55.0 Å². The number of pyridine rings is 1. The molecular weight excluding hydrogens is 520 g/mol. The summed E-state index contributed by atoms with van der Waals surface area (Å²) in [6, 6.07) is 28.9. The SMILES string of the molecule is O=C(CCCCCc1ccccc1)Nc1ccc(-c2ccc3ncc(N4CCN(c5ccncc5)CC4)nc3c2)cc1. The first kappa shape index (κ1) is 27.4. The van der Waals surface area contributed by atoms with Crippen molar-refractivity contribution in [2.45, 2.75) is 32.1 Å². The maximum atomic E-state index is 12.5. The average Bonchev–Trinajstić information content (AvgIpc) is 3.05. The number of unbranched alkanes of at least 4 members (excludes halogenated alkanes) is 2. The second-order valence-corrected chi connectivity index (χ2v) is 10.8. The summed E-state index contributed by atoms with van der Waals surface area (Å²) >= 11 is 0. The lowest BCUT2D eigenvalue weighted by Crippen LogP contribution is -2.46. The van der Waals surface area contributed by atoms with Gasteiger partial charge in [0.25, 0.3) is 0 Å². The molecule has 6 rings (SSSR count). The first-order valence-electron chi connectivity index (χ1n) is 14.8. The minimum absolute atomic E-state index is 0.0672. The number of aryl methyl sites for hydroxylation is 1. The van der Waals surface area contributed by atoms with E-state index >= 15 is 0 Å². The van der Waals surface area contributed by atoms with Crippen molar-refractivity contribution in [3.05, 3.63) is 109 Å². The molecule has 3 aromatic carbocycles. The van der Waals surface area contributed by atoms with E-state index in [1.165, 1.54) is 11.3 Å². The third-order valence-corrected chi connectivity index (χ3v) is 7.88. The molecule has 7 heteroatoms. The van der Waals surface area contributed by atoms with Gasteiger partial charge in [-0.25, -0.2) is 4.98 Å². The number of anilines is 3. The van der Waals surface area contributed by atoms with Crippen LogP contribution in [-0.4, -0.2) is 47.0 Å². The quantitative estimate of drug-likeness (QED) is 0.192. The number of hydrogen-bond donors (Lipinski definition) is 1. The summed E-state index contributed by atoms with van der Waals surface area (Å²) in [4.78, 5) is 30.9. The fraction of sp³-hybridized carbons (Fsp3) is 0.257. The zero-order valence-electron chi connectivity index (χ0n) is 23.8. The Morgan fingerprint density at radius 3 is 2.26 bits per heavy atom. The van der Waals surface area contributed by atoms with Gasteiger partial charge in [0.1, 0.15) is 5.82 Å². The number of hydrogen-bond acceptors (Lipinski definition) is 6. The molecule has 5 aromatic rings. The number of carbonyl (C=O) groups excluding carboxylic acids is 1. The van der Waals surface area contributed by atoms with Crippen LogP contribution < -0.4 is 15.1 Å². The number of carbonyl (C=O) groups is 1. The lowest BCUT2D eigenvalue weighted by molar-refractivity contribution is -0.116. The van der Waals surface area contributed by atoms with Gasteiger partial charge in [-0.3, -0.25) is 14.8 Å². The molecule has 0 bridgehead atoms. The smallest absolute Gasteiger partial charge is 0.224 e. The van der Waals surface area contributed by atoms with Gasteiger partial charge < -0.3 is 15.1 Å². The zero-order chi connectivity index (χ0) is 28.6. The second kappa shape index (κ2) is 13.3. The van der Waals surface area contributed by atoms with Crippen LogP contribution in [0.1, 0.15) is 31.2 Å². The topological polar surface area (TPSA) is 74.2 Å². The molecule has 1 fully saturated rings. The number of fused-ring (bicyclic) bond motifs is 1. The van der Waals surface area contributed by atoms with Crippen LogP contribution in [0.5, 0.6) is 0 Å². The molecule has 2 aromatic heterocycles. The van der Waals surface area contributed by atoms with Crippen LogP contribution in [-0.2, 0) is 11.2 Å². The molecule has 1 aliphatic heterocycles. The number of rotatable bonds is 10. The Morgan fingerprint density at radius 1 is 0.738 bits per heavy atom. The summed E-state index contributed by atoms with van der Waals surface area (Å²) in [5.74, 6) is 0.977. The molecule has 212 valence electrons. The van der Waals surface area contributed by atoms with Crippen LogP contribution in [0.25, 0.3) is 22.2 Å². The van der Waals surface area contributed by atoms with E-state index in [4.69, 9.17) is 9.97 Å². The monoisotopic (exact) mass is 556 g/mol. The van der Waals surface area contributed by atoms with Crippen LogP contribution >= 0.6 is 0 Å². The molecule has 0 saturated carbocycles. The summed E-state index contributed by atoms with van der Waals surface area (Å²) in [5, 5.41) is 3.04. The predicted molar refractivity (Wildman–Crippen MR) is 171 cm³/mol. The minimum atomic E-state index is 0.0672. The van der Waals surface area contributed by atoms with E-state index in [0.717, 1.165) is 85.5 Å². The Labute approximate surface area is 247 Å². The average molecular weight is 557 g/mol. The highest BCUT2D eigenvalue weighted by molar-refractivity contribution is 5.91. The summed E-state index contributed by atoms with van der Waals surface area (Å²) in [6.45, 7) is 3.65. The van der Waals surface area contributed by atoms with E-state index in [-0.39, 0.29) is 5.91 Å². The number of nitrogens with zero attached hydrogens (tertiary/aromatic N) is 5. The third-order valence-electron chi connectivity index (χ3n) is 7.88. The van der Waals surface area contributed by atoms with Crippen molar-refractivity contribution in [2.75, 3.05) is 41.3 Å². The highest BCUT2D eigenvalue weighted by atomic mass is 16.1. The van der Waals surface area contributed by atoms with E-state index in [1.807, 2.05) is 55.0 Å². The molecule has 0 unspecified atom stereocenters. The third kappa shape index (κ3) is 6.92. The normalized spacial score (nSPS) is 13.3. The van der Waals surface area contributed by atoms with Crippen molar-refractivity contribution in [2.24, 2.45) is 0 Å². The molecule has 1 aliphatic rings. The summed E-state index contributed by atoms with van der Waals surface area (Å²) in [5.41, 5.74) is 7.30. The Kier molecular flexibility index (Phi) is 8.65. The van der Waals surface area contributed by atoms with Crippen molar-refractivity contribution in [1.29, 1.82) is 0 Å². The van der Waals surface area contributed by atoms with Gasteiger partial charge in [0, 0.05) is 56.4 Å². The fourth-order valence-electron chi connectivity index (χ4n) is 5.49. The molecule has 0 atom stereocenters. The molecule has 7 nitrogen and oxygen atoms in total. The van der Waals surface area contributed by atoms with Crippen molar-refractivity contribution in [1.82, 2.24) is 15.0 Å². The Balaban J connectivity index is 1.02. The van der Waals surface area contributed by atoms with Crippen LogP contribution in [0.3, 0.4) is 0 Å². The molecule has 42 heavy (non-hydrogen) atoms. The molecule has 3 heterocycles. The second-order valence-electron chi connectivity index (χ2n) is 10.8. The van der Waals surface area contributed by atoms with Crippen molar-refractivity contribution < 1.29 is 4.79 Å². The van der Waals surface area contributed by atoms with E-state index in [0.29, 0.717) is 6.42 Å². The minimum Gasteiger partial charge on any atom is -0.368 e. The molecule has 0 spiro atoms. The Hall–Kier alpha value is -4.78. The first-order chi connectivity index (χ1) is 20.7. The lowest BCUT2D eigenvalue weighted by atomic mass is 10.0. The molecule has 1 saturated heterocycles. The van der Waals surface area contributed by atoms with Crippen LogP contribution in [0.15, 0.2) is 104 Å². The number of piperazine rings is 1. The van der Waals surface area contributed by atoms with E-state index in [2.05, 4.69) is 68.6 Å². The first-order valence-corrected chi connectivity index (χ1v) is 14.8. The Morgan fingerprint density at radius 2 is 1.48 bits per heavy atom. The Bertz CT molecular complexity index is 1600. The largest absolute Gasteiger partial charge is 0.368 e. The van der Waals surface area contributed by atoms with Gasteiger partial charge in [0.05, 0.1) is 17.2 Å². The van der Waals surface area contributed by atoms with Gasteiger partial charge in [-0.2, -0.15) is 0 Å². The molecule has 1 N–H and O–H groups in total. The van der Waals surface area contributed by atoms with Crippen LogP contribution in [0.4, 0.5) is 17.2 Å². The summed E-state index contributed by atoms with van der Waals surface area (Å²) in [6.07, 6.45) is 10.2. The fourth-order valence-corrected chi connectivity index (χ4v) is 5.49. The highest BCUT2D eigenvalue weighted by Crippen LogP contribution is 2.26. The molecular formula is C35H36N6O. The number of amides is 1. The predicted octanol–water partition coefficient (Wildman–Crippen LogP) is 6.76. The standard InChI is InChI=1S/C35H36N6O/c42-35(10-6-2-5-9-27-7-3-1-4-8-27)38-30-14-11-28(12-15-30)29-13-16-32-33(25-29)39-34(26-37-32)41-23-21-40(22-24-41)31-17-19-36-20-18-31/h1,3-4,7-8,11-20,25-26H,2,5-6,9-10,21-24H2,(H,38,42). The maximum Gasteiger partial charge on any atom is 0.224 e. The summed E-state index contributed by atoms with van der Waals surface area (Å²) < 4.78 is 0. The van der Waals surface area contributed by atoms with Gasteiger partial charge in [0.15, 0.2) is 0 Å². The van der Waals surface area contributed by atoms with E-state index in [1.54, 1.807) is 0 Å². The zero-order valence-corrected chi connectivity index (χ0v) is 23.8. The van der Waals surface area contributed by atoms with Crippen molar-refractivity contribution in [3.8, 4) is 11.1 Å². The van der Waals surface area contributed by atoms with E-state index < -0.39 is 0 Å². The van der Waals surface area contributed by atoms with Crippen LogP contribution in [0.2, 0.25) is 0 Å². The van der Waals surface area contributed by atoms with E-state index in [9.17, 15) is 4.79 Å². The number of nitrogens with one attached hydrogen (secondary N) is 1. The van der Waals surface area contributed by atoms with Gasteiger partial charge in [-0.15, -0.1) is 0 Å². The van der Waals surface area contributed by atoms with Gasteiger partial charge >= 0.3 is 0 Å². The molecule has 0 aliphatic carbocycles. The molecule has 1 amide bonds. The lowest BCUT2D eigenvalue weighted by Gasteiger charge is -2.36. The maximum absolute atomic E-state index is 12.5. The number of aromatic nitrogens is 3. The van der Waals surface area contributed by atoms with Crippen molar-refractivity contribution in [3.63, 3.8) is 0 Å². The summed E-state index contributed by atoms with van der Waals surface area (Å²) in [7, 11) is 0. The van der Waals surface area contributed by atoms with Crippen molar-refractivity contribution >= 4 is 34.1 Å².